The number of nitrogens with one attached hydrogen (secondary N) is 1. The summed E-state index contributed by atoms with van der Waals surface area (Å²) >= 11 is 7.36. The first-order chi connectivity index (χ1) is 10.2. The van der Waals surface area contributed by atoms with Gasteiger partial charge in [0.05, 0.1) is 0 Å². The molecule has 0 spiro atoms. The molecule has 21 heavy (non-hydrogen) atoms. The van der Waals surface area contributed by atoms with Gasteiger partial charge in [-0.1, -0.05) is 29.8 Å². The van der Waals surface area contributed by atoms with Gasteiger partial charge in [-0.2, -0.15) is 11.8 Å². The fourth-order valence-electron chi connectivity index (χ4n) is 1.65. The Labute approximate surface area is 131 Å². The van der Waals surface area contributed by atoms with Gasteiger partial charge in [0.25, 0.3) is 5.91 Å². The van der Waals surface area contributed by atoms with Gasteiger partial charge in [-0.25, -0.2) is 4.39 Å². The number of halogens is 2. The van der Waals surface area contributed by atoms with E-state index < -0.39 is 0 Å². The van der Waals surface area contributed by atoms with Crippen LogP contribution in [0.4, 0.5) is 4.39 Å². The molecule has 0 aliphatic carbocycles. The topological polar surface area (TPSA) is 42.0 Å². The zero-order valence-electron chi connectivity index (χ0n) is 11.2. The molecule has 2 rings (SSSR count). The molecule has 0 radical (unpaired) electrons. The number of hydrogen-bond donors (Lipinski definition) is 1. The van der Waals surface area contributed by atoms with Crippen LogP contribution in [0.2, 0.25) is 5.02 Å². The predicted molar refractivity (Wildman–Crippen MR) is 84.1 cm³/mol. The van der Waals surface area contributed by atoms with Gasteiger partial charge < -0.3 is 5.32 Å². The number of aromatic nitrogens is 1. The number of nitrogens with zero attached hydrogens (tertiary/aromatic N) is 1. The van der Waals surface area contributed by atoms with E-state index in [4.69, 9.17) is 11.6 Å². The highest BCUT2D eigenvalue weighted by molar-refractivity contribution is 7.98. The lowest BCUT2D eigenvalue weighted by Gasteiger charge is -2.05. The van der Waals surface area contributed by atoms with Crippen LogP contribution in [0, 0.1) is 5.82 Å². The monoisotopic (exact) mass is 324 g/mol. The van der Waals surface area contributed by atoms with Gasteiger partial charge in [0.2, 0.25) is 0 Å². The van der Waals surface area contributed by atoms with Crippen LogP contribution in [0.25, 0.3) is 0 Å². The Bertz CT molecular complexity index is 624. The molecule has 1 aromatic heterocycles. The quantitative estimate of drug-likeness (QED) is 0.826. The summed E-state index contributed by atoms with van der Waals surface area (Å²) in [7, 11) is 0. The second kappa shape index (κ2) is 8.00. The minimum absolute atomic E-state index is 0.197. The fraction of sp³-hybridized carbons (Fsp3) is 0.200. The molecule has 3 nitrogen and oxygen atoms in total. The summed E-state index contributed by atoms with van der Waals surface area (Å²) in [4.78, 5) is 15.7. The number of rotatable bonds is 6. The van der Waals surface area contributed by atoms with E-state index in [2.05, 4.69) is 10.3 Å². The average molecular weight is 325 g/mol. The van der Waals surface area contributed by atoms with E-state index in [1.165, 1.54) is 18.3 Å². The van der Waals surface area contributed by atoms with E-state index in [1.807, 2.05) is 6.07 Å². The molecular formula is C15H14ClFN2OS. The lowest BCUT2D eigenvalue weighted by molar-refractivity contribution is 0.0951. The van der Waals surface area contributed by atoms with Crippen molar-refractivity contribution in [2.45, 2.75) is 5.75 Å². The van der Waals surface area contributed by atoms with Gasteiger partial charge in [0.1, 0.15) is 11.5 Å². The van der Waals surface area contributed by atoms with Gasteiger partial charge in [-0.05, 0) is 23.8 Å². The molecule has 2 aromatic rings. The minimum atomic E-state index is -0.260. The summed E-state index contributed by atoms with van der Waals surface area (Å²) in [5, 5.41) is 3.23. The van der Waals surface area contributed by atoms with Gasteiger partial charge >= 0.3 is 0 Å². The van der Waals surface area contributed by atoms with E-state index in [0.717, 1.165) is 0 Å². The molecule has 1 N–H and O–H groups in total. The SMILES string of the molecule is O=C(NCCSCc1ccccc1F)c1cc(Cl)ccn1. The van der Waals surface area contributed by atoms with Gasteiger partial charge in [-0.15, -0.1) is 0 Å². The zero-order valence-corrected chi connectivity index (χ0v) is 12.8. The van der Waals surface area contributed by atoms with Crippen LogP contribution in [0.1, 0.15) is 16.1 Å². The Hall–Kier alpha value is -1.59. The molecule has 0 saturated carbocycles. The summed E-state index contributed by atoms with van der Waals surface area (Å²) in [6.07, 6.45) is 1.49. The highest BCUT2D eigenvalue weighted by Gasteiger charge is 2.06. The Morgan fingerprint density at radius 2 is 2.14 bits per heavy atom. The molecule has 1 amide bonds. The second-order valence-electron chi connectivity index (χ2n) is 4.26. The van der Waals surface area contributed by atoms with Crippen molar-refractivity contribution in [3.8, 4) is 0 Å². The van der Waals surface area contributed by atoms with Crippen molar-refractivity contribution in [2.24, 2.45) is 0 Å². The van der Waals surface area contributed by atoms with Crippen molar-refractivity contribution >= 4 is 29.3 Å². The van der Waals surface area contributed by atoms with Crippen LogP contribution in [-0.4, -0.2) is 23.2 Å². The van der Waals surface area contributed by atoms with Crippen molar-refractivity contribution < 1.29 is 9.18 Å². The Kier molecular flexibility index (Phi) is 6.02. The van der Waals surface area contributed by atoms with Crippen LogP contribution >= 0.6 is 23.4 Å². The third-order valence-electron chi connectivity index (χ3n) is 2.70. The van der Waals surface area contributed by atoms with E-state index in [9.17, 15) is 9.18 Å². The minimum Gasteiger partial charge on any atom is -0.350 e. The average Bonchev–Trinajstić information content (AvgIpc) is 2.48. The normalized spacial score (nSPS) is 10.4. The van der Waals surface area contributed by atoms with E-state index in [-0.39, 0.29) is 11.7 Å². The van der Waals surface area contributed by atoms with Crippen LogP contribution < -0.4 is 5.32 Å². The molecule has 110 valence electrons. The number of benzene rings is 1. The Morgan fingerprint density at radius 3 is 2.90 bits per heavy atom. The van der Waals surface area contributed by atoms with Crippen molar-refractivity contribution in [3.63, 3.8) is 0 Å². The standard InChI is InChI=1S/C15H14ClFN2OS/c16-12-5-6-18-14(9-12)15(20)19-7-8-21-10-11-3-1-2-4-13(11)17/h1-6,9H,7-8,10H2,(H,19,20). The highest BCUT2D eigenvalue weighted by Crippen LogP contribution is 2.14. The number of thioether (sulfide) groups is 1. The maximum absolute atomic E-state index is 13.4. The lowest BCUT2D eigenvalue weighted by Crippen LogP contribution is -2.26. The van der Waals surface area contributed by atoms with Crippen LogP contribution in [-0.2, 0) is 5.75 Å². The molecular weight excluding hydrogens is 311 g/mol. The van der Waals surface area contributed by atoms with Crippen molar-refractivity contribution in [1.82, 2.24) is 10.3 Å². The summed E-state index contributed by atoms with van der Waals surface area (Å²) in [6.45, 7) is 0.492. The first kappa shape index (κ1) is 15.8. The molecule has 0 aliphatic rings. The predicted octanol–water partition coefficient (Wildman–Crippen LogP) is 3.54. The van der Waals surface area contributed by atoms with Crippen molar-refractivity contribution in [3.05, 3.63) is 64.7 Å². The number of amides is 1. The fourth-order valence-corrected chi connectivity index (χ4v) is 2.66. The molecule has 0 fully saturated rings. The van der Waals surface area contributed by atoms with Gasteiger partial charge in [-0.3, -0.25) is 9.78 Å². The first-order valence-corrected chi connectivity index (χ1v) is 7.91. The maximum atomic E-state index is 13.4. The summed E-state index contributed by atoms with van der Waals surface area (Å²) in [5.41, 5.74) is 0.965. The highest BCUT2D eigenvalue weighted by atomic mass is 35.5. The molecule has 0 atom stereocenters. The second-order valence-corrected chi connectivity index (χ2v) is 5.80. The molecule has 1 aromatic carbocycles. The largest absolute Gasteiger partial charge is 0.350 e. The molecule has 1 heterocycles. The molecule has 0 bridgehead atoms. The van der Waals surface area contributed by atoms with Crippen molar-refractivity contribution in [2.75, 3.05) is 12.3 Å². The summed E-state index contributed by atoms with van der Waals surface area (Å²) in [5.74, 6) is 0.819. The number of carbonyl (C=O) groups excluding carboxylic acids is 1. The zero-order chi connectivity index (χ0) is 15.1. The molecule has 0 aliphatic heterocycles. The summed E-state index contributed by atoms with van der Waals surface area (Å²) in [6, 6.07) is 9.82. The summed E-state index contributed by atoms with van der Waals surface area (Å²) < 4.78 is 13.4. The Morgan fingerprint density at radius 1 is 1.33 bits per heavy atom. The van der Waals surface area contributed by atoms with Crippen molar-refractivity contribution in [1.29, 1.82) is 0 Å². The third kappa shape index (κ3) is 5.02. The number of carbonyl (C=O) groups is 1. The van der Waals surface area contributed by atoms with Gasteiger partial charge in [0.15, 0.2) is 0 Å². The van der Waals surface area contributed by atoms with Gasteiger partial charge in [0, 0.05) is 29.3 Å². The van der Waals surface area contributed by atoms with Crippen LogP contribution in [0.5, 0.6) is 0 Å². The third-order valence-corrected chi connectivity index (χ3v) is 3.95. The van der Waals surface area contributed by atoms with E-state index in [1.54, 1.807) is 30.0 Å². The smallest absolute Gasteiger partial charge is 0.269 e. The Balaban J connectivity index is 1.70. The van der Waals surface area contributed by atoms with E-state index >= 15 is 0 Å². The maximum Gasteiger partial charge on any atom is 0.269 e. The van der Waals surface area contributed by atoms with E-state index in [0.29, 0.717) is 34.3 Å². The van der Waals surface area contributed by atoms with Crippen LogP contribution in [0.3, 0.4) is 0 Å². The first-order valence-electron chi connectivity index (χ1n) is 6.38. The van der Waals surface area contributed by atoms with Crippen LogP contribution in [0.15, 0.2) is 42.6 Å². The number of hydrogen-bond acceptors (Lipinski definition) is 3. The molecule has 6 heteroatoms. The number of pyridine rings is 1. The lowest BCUT2D eigenvalue weighted by atomic mass is 10.2. The molecule has 0 saturated heterocycles. The molecule has 0 unspecified atom stereocenters.